The zero-order valence-corrected chi connectivity index (χ0v) is 10.0. The van der Waals surface area contributed by atoms with Gasteiger partial charge in [-0.25, -0.2) is 15.6 Å². The third kappa shape index (κ3) is 5.86. The number of hydrazine groups is 1. The molecule has 20 heavy (non-hydrogen) atoms. The number of carboxylic acid groups (broad SMARTS) is 2. The fourth-order valence-corrected chi connectivity index (χ4v) is 0.886. The van der Waals surface area contributed by atoms with Crippen LogP contribution in [-0.2, 0) is 9.59 Å². The first-order chi connectivity index (χ1) is 9.31. The predicted octanol–water partition coefficient (Wildman–Crippen LogP) is -4.35. The largest absolute Gasteiger partial charge is 0.547 e. The second kappa shape index (κ2) is 8.53. The summed E-state index contributed by atoms with van der Waals surface area (Å²) in [5.74, 6) is 0.784. The number of aliphatic hydroxyl groups excluding tert-OH is 2. The van der Waals surface area contributed by atoms with Crippen LogP contribution in [0.5, 0.6) is 0 Å². The molecule has 0 aliphatic carbocycles. The highest BCUT2D eigenvalue weighted by Gasteiger charge is 2.23. The molecule has 2 atom stereocenters. The summed E-state index contributed by atoms with van der Waals surface area (Å²) in [5.41, 5.74) is 2.57. The van der Waals surface area contributed by atoms with Crippen molar-refractivity contribution >= 4 is 17.8 Å². The molecule has 0 saturated carbocycles. The molecule has 0 unspecified atom stereocenters. The molecular weight excluding hydrogens is 274 g/mol. The Labute approximate surface area is 112 Å². The smallest absolute Gasteiger partial charge is 0.335 e. The number of nitrogens with one attached hydrogen (secondary N) is 2. The monoisotopic (exact) mass is 287 g/mol. The van der Waals surface area contributed by atoms with E-state index in [9.17, 15) is 19.5 Å². The maximum atomic E-state index is 10.8. The lowest BCUT2D eigenvalue weighted by molar-refractivity contribution is -0.378. The standard InChI is InChI=1S/C6H7N3O.C4H6O6/c7-9-6(10)5-1-3-8-4-2-5;5-1(3(7)8)2(6)4(9)10/h1-4H,7H2,(H,9,10);1-2,5-6H,(H,7,8)(H,9,10)/t;1-,2-/m.0/s1. The minimum atomic E-state index is -2.38. The van der Waals surface area contributed by atoms with E-state index in [0.29, 0.717) is 5.56 Å². The van der Waals surface area contributed by atoms with Crippen LogP contribution in [0, 0.1) is 0 Å². The minimum absolute atomic E-state index is 0.283. The van der Waals surface area contributed by atoms with Crippen molar-refractivity contribution in [3.63, 3.8) is 0 Å². The molecule has 0 bridgehead atoms. The number of carbonyl (C=O) groups excluding carboxylic acids is 2. The Balaban J connectivity index is 0.000000361. The molecule has 1 aromatic heterocycles. The molecule has 0 saturated heterocycles. The maximum Gasteiger partial charge on any atom is 0.335 e. The van der Waals surface area contributed by atoms with Crippen molar-refractivity contribution < 1.29 is 39.8 Å². The van der Waals surface area contributed by atoms with Gasteiger partial charge < -0.3 is 25.2 Å². The number of amides is 1. The highest BCUT2D eigenvalue weighted by Crippen LogP contribution is 1.91. The van der Waals surface area contributed by atoms with Gasteiger partial charge in [-0.1, -0.05) is 0 Å². The lowest BCUT2D eigenvalue weighted by Gasteiger charge is -2.13. The Kier molecular flexibility index (Phi) is 7.43. The molecule has 1 rings (SSSR count). The molecule has 0 aliphatic heterocycles. The Bertz CT molecular complexity index is 447. The first-order valence-electron chi connectivity index (χ1n) is 5.08. The lowest BCUT2D eigenvalue weighted by atomic mass is 10.2. The first-order valence-corrected chi connectivity index (χ1v) is 5.08. The second-order valence-electron chi connectivity index (χ2n) is 3.31. The van der Waals surface area contributed by atoms with Crippen LogP contribution in [-0.4, -0.2) is 45.4 Å². The third-order valence-electron chi connectivity index (χ3n) is 1.91. The number of pyridine rings is 1. The Morgan fingerprint density at radius 2 is 1.70 bits per heavy atom. The summed E-state index contributed by atoms with van der Waals surface area (Å²) in [6, 6.07) is 3.28. The number of carbonyl (C=O) groups is 3. The molecular formula is C10H13N3O7. The molecule has 10 heteroatoms. The topological polar surface area (TPSA) is 187 Å². The number of hydrogen-bond donors (Lipinski definition) is 5. The SMILES string of the molecule is NNC(=O)c1cc[nH+]cc1.O=C([O-])[C@@H](O)[C@H](O)C(=O)O. The van der Waals surface area contributed by atoms with Gasteiger partial charge in [0.1, 0.15) is 6.10 Å². The average Bonchev–Trinajstić information content (AvgIpc) is 2.46. The normalized spacial score (nSPS) is 12.3. The van der Waals surface area contributed by atoms with Gasteiger partial charge in [0.15, 0.2) is 18.5 Å². The number of aromatic nitrogens is 1. The molecule has 110 valence electrons. The van der Waals surface area contributed by atoms with Crippen LogP contribution in [0.25, 0.3) is 0 Å². The van der Waals surface area contributed by atoms with Gasteiger partial charge in [-0.3, -0.25) is 10.2 Å². The van der Waals surface area contributed by atoms with Crippen molar-refractivity contribution in [3.8, 4) is 0 Å². The number of H-pyrrole nitrogens is 1. The zero-order chi connectivity index (χ0) is 15.7. The minimum Gasteiger partial charge on any atom is -0.547 e. The fraction of sp³-hybridized carbons (Fsp3) is 0.200. The van der Waals surface area contributed by atoms with E-state index in [0.717, 1.165) is 0 Å². The number of hydrogen-bond acceptors (Lipinski definition) is 7. The third-order valence-corrected chi connectivity index (χ3v) is 1.91. The first kappa shape index (κ1) is 17.4. The van der Waals surface area contributed by atoms with Crippen LogP contribution < -0.4 is 21.4 Å². The molecule has 0 aliphatic rings. The average molecular weight is 287 g/mol. The maximum absolute atomic E-state index is 10.8. The predicted molar refractivity (Wildman–Crippen MR) is 59.3 cm³/mol. The van der Waals surface area contributed by atoms with E-state index in [4.69, 9.17) is 21.2 Å². The summed E-state index contributed by atoms with van der Waals surface area (Å²) in [6.45, 7) is 0. The number of aliphatic carboxylic acids is 2. The van der Waals surface area contributed by atoms with E-state index in [-0.39, 0.29) is 5.91 Å². The Morgan fingerprint density at radius 1 is 1.20 bits per heavy atom. The molecule has 0 radical (unpaired) electrons. The molecule has 1 heterocycles. The molecule has 1 amide bonds. The number of nitrogens with two attached hydrogens (primary N) is 1. The van der Waals surface area contributed by atoms with Crippen LogP contribution >= 0.6 is 0 Å². The van der Waals surface area contributed by atoms with E-state index in [1.54, 1.807) is 24.5 Å². The molecule has 1 aromatic rings. The van der Waals surface area contributed by atoms with E-state index < -0.39 is 24.1 Å². The van der Waals surface area contributed by atoms with Crippen LogP contribution in [0.2, 0.25) is 0 Å². The summed E-state index contributed by atoms with van der Waals surface area (Å²) >= 11 is 0. The Morgan fingerprint density at radius 3 is 2.00 bits per heavy atom. The fourth-order valence-electron chi connectivity index (χ4n) is 0.886. The van der Waals surface area contributed by atoms with Crippen molar-refractivity contribution in [2.45, 2.75) is 12.2 Å². The molecule has 0 aromatic carbocycles. The van der Waals surface area contributed by atoms with E-state index in [2.05, 4.69) is 4.98 Å². The van der Waals surface area contributed by atoms with Crippen molar-refractivity contribution in [2.75, 3.05) is 0 Å². The second-order valence-corrected chi connectivity index (χ2v) is 3.31. The summed E-state index contributed by atoms with van der Waals surface area (Å²) in [5, 5.41) is 34.1. The van der Waals surface area contributed by atoms with Crippen LogP contribution in [0.1, 0.15) is 10.4 Å². The summed E-state index contributed by atoms with van der Waals surface area (Å²) in [7, 11) is 0. The molecule has 10 nitrogen and oxygen atoms in total. The highest BCUT2D eigenvalue weighted by molar-refractivity contribution is 5.93. The van der Waals surface area contributed by atoms with Gasteiger partial charge >= 0.3 is 5.97 Å². The molecule has 0 spiro atoms. The number of aromatic amines is 1. The van der Waals surface area contributed by atoms with Crippen molar-refractivity contribution in [2.24, 2.45) is 5.84 Å². The summed E-state index contributed by atoms with van der Waals surface area (Å²) < 4.78 is 0. The van der Waals surface area contributed by atoms with E-state index >= 15 is 0 Å². The van der Waals surface area contributed by atoms with Gasteiger partial charge in [0.2, 0.25) is 0 Å². The van der Waals surface area contributed by atoms with Crippen molar-refractivity contribution in [3.05, 3.63) is 30.1 Å². The number of aliphatic hydroxyl groups is 2. The van der Waals surface area contributed by atoms with Crippen LogP contribution in [0.15, 0.2) is 24.5 Å². The van der Waals surface area contributed by atoms with Crippen molar-refractivity contribution in [1.82, 2.24) is 5.43 Å². The Hall–Kier alpha value is -2.56. The van der Waals surface area contributed by atoms with E-state index in [1.807, 2.05) is 5.43 Å². The lowest BCUT2D eigenvalue weighted by Crippen LogP contribution is -2.46. The van der Waals surface area contributed by atoms with Gasteiger partial charge in [0.05, 0.1) is 11.5 Å². The quantitative estimate of drug-likeness (QED) is 0.208. The number of rotatable bonds is 4. The molecule has 7 N–H and O–H groups in total. The summed E-state index contributed by atoms with van der Waals surface area (Å²) in [4.78, 5) is 33.0. The van der Waals surface area contributed by atoms with Crippen LogP contribution in [0.3, 0.4) is 0 Å². The van der Waals surface area contributed by atoms with Crippen molar-refractivity contribution in [1.29, 1.82) is 0 Å². The highest BCUT2D eigenvalue weighted by atomic mass is 16.4. The number of carboxylic acids is 2. The van der Waals surface area contributed by atoms with Gasteiger partial charge in [0.25, 0.3) is 5.91 Å². The van der Waals surface area contributed by atoms with E-state index in [1.165, 1.54) is 0 Å². The van der Waals surface area contributed by atoms with Gasteiger partial charge in [-0.05, 0) is 0 Å². The number of nitrogen functional groups attached to an aromatic ring is 1. The summed E-state index contributed by atoms with van der Waals surface area (Å²) in [6.07, 6.45) is -1.39. The van der Waals surface area contributed by atoms with Gasteiger partial charge in [-0.2, -0.15) is 0 Å². The van der Waals surface area contributed by atoms with Crippen LogP contribution in [0.4, 0.5) is 0 Å². The van der Waals surface area contributed by atoms with Gasteiger partial charge in [-0.15, -0.1) is 0 Å². The molecule has 0 fully saturated rings. The van der Waals surface area contributed by atoms with Gasteiger partial charge in [0, 0.05) is 12.1 Å². The zero-order valence-electron chi connectivity index (χ0n) is 10.0.